The maximum atomic E-state index is 12.6. The normalized spacial score (nSPS) is 11.1. The minimum Gasteiger partial charge on any atom is -0.493 e. The van der Waals surface area contributed by atoms with Crippen molar-refractivity contribution in [3.05, 3.63) is 58.6 Å². The van der Waals surface area contributed by atoms with E-state index in [4.69, 9.17) is 38.7 Å². The van der Waals surface area contributed by atoms with Crippen LogP contribution in [0.3, 0.4) is 0 Å². The second kappa shape index (κ2) is 12.4. The van der Waals surface area contributed by atoms with E-state index in [1.165, 1.54) is 0 Å². The summed E-state index contributed by atoms with van der Waals surface area (Å²) < 4.78 is 16.3. The Labute approximate surface area is 182 Å². The minimum atomic E-state index is -0.684. The van der Waals surface area contributed by atoms with Crippen LogP contribution in [-0.4, -0.2) is 38.9 Å². The van der Waals surface area contributed by atoms with Gasteiger partial charge in [0.15, 0.2) is 11.5 Å². The third-order valence-electron chi connectivity index (χ3n) is 4.25. The zero-order chi connectivity index (χ0) is 21.8. The van der Waals surface area contributed by atoms with Crippen LogP contribution < -0.4 is 14.8 Å². The van der Waals surface area contributed by atoms with E-state index in [0.717, 1.165) is 11.1 Å². The monoisotopic (exact) mass is 425 g/mol. The van der Waals surface area contributed by atoms with Crippen molar-refractivity contribution in [2.75, 3.05) is 26.9 Å². The van der Waals surface area contributed by atoms with Gasteiger partial charge in [0.25, 0.3) is 0 Å². The summed E-state index contributed by atoms with van der Waals surface area (Å²) >= 11 is 5.91. The van der Waals surface area contributed by atoms with Gasteiger partial charge in [-0.2, -0.15) is 0 Å². The van der Waals surface area contributed by atoms with Crippen molar-refractivity contribution in [1.29, 1.82) is 0 Å². The molecule has 0 aromatic heterocycles. The predicted octanol–water partition coefficient (Wildman–Crippen LogP) is 3.28. The van der Waals surface area contributed by atoms with Crippen LogP contribution in [0, 0.1) is 24.7 Å². The molecule has 2 aromatic carbocycles. The lowest BCUT2D eigenvalue weighted by Crippen LogP contribution is -2.39. The van der Waals surface area contributed by atoms with E-state index in [1.54, 1.807) is 25.3 Å². The number of amides is 1. The molecule has 1 atom stereocenters. The molecule has 5 nitrogen and oxygen atoms in total. The Balaban J connectivity index is 1.93. The van der Waals surface area contributed by atoms with Crippen LogP contribution in [0.25, 0.3) is 0 Å². The molecule has 0 aliphatic heterocycles. The Morgan fingerprint density at radius 3 is 2.43 bits per heavy atom. The molecule has 6 heteroatoms. The summed E-state index contributed by atoms with van der Waals surface area (Å²) in [5, 5.41) is 3.54. The number of hydrogen-bond acceptors (Lipinski definition) is 4. The molecule has 0 fully saturated rings. The summed E-state index contributed by atoms with van der Waals surface area (Å²) in [6.45, 7) is 0.656. The van der Waals surface area contributed by atoms with Gasteiger partial charge in [0.1, 0.15) is 19.3 Å². The average Bonchev–Trinajstić information content (AvgIpc) is 2.76. The predicted molar refractivity (Wildman–Crippen MR) is 118 cm³/mol. The van der Waals surface area contributed by atoms with Gasteiger partial charge >= 0.3 is 0 Å². The van der Waals surface area contributed by atoms with Gasteiger partial charge in [-0.05, 0) is 41.8 Å². The summed E-state index contributed by atoms with van der Waals surface area (Å²) in [5.74, 6) is 5.77. The van der Waals surface area contributed by atoms with E-state index < -0.39 is 6.10 Å². The third-order valence-corrected chi connectivity index (χ3v) is 4.50. The standard InChI is InChI=1S/C24H24ClNO4/c1-4-14-29-21-11-8-19(16-22(21)28-3)12-13-26-24(27)23(30-15-5-2)17-18-6-9-20(25)10-7-18/h1-2,6-11,16,23H,12-15,17H2,3H3,(H,26,27)/t23-/m0/s1. The molecule has 0 saturated carbocycles. The van der Waals surface area contributed by atoms with Crippen LogP contribution in [0.2, 0.25) is 5.02 Å². The molecular formula is C24H24ClNO4. The molecule has 30 heavy (non-hydrogen) atoms. The molecule has 1 N–H and O–H groups in total. The van der Waals surface area contributed by atoms with Crippen molar-refractivity contribution < 1.29 is 19.0 Å². The lowest BCUT2D eigenvalue weighted by atomic mass is 10.1. The number of halogens is 1. The van der Waals surface area contributed by atoms with Crippen molar-refractivity contribution in [2.24, 2.45) is 0 Å². The molecule has 0 aliphatic carbocycles. The number of ether oxygens (including phenoxy) is 3. The zero-order valence-corrected chi connectivity index (χ0v) is 17.6. The Hall–Kier alpha value is -3.12. The lowest BCUT2D eigenvalue weighted by Gasteiger charge is -2.17. The van der Waals surface area contributed by atoms with Gasteiger partial charge in [-0.1, -0.05) is 41.6 Å². The lowest BCUT2D eigenvalue weighted by molar-refractivity contribution is -0.131. The highest BCUT2D eigenvalue weighted by atomic mass is 35.5. The van der Waals surface area contributed by atoms with E-state index in [0.29, 0.717) is 35.9 Å². The van der Waals surface area contributed by atoms with Crippen LogP contribution >= 0.6 is 11.6 Å². The maximum Gasteiger partial charge on any atom is 0.249 e. The quantitative estimate of drug-likeness (QED) is 0.561. The summed E-state index contributed by atoms with van der Waals surface area (Å²) in [6.07, 6.45) is 10.8. The smallest absolute Gasteiger partial charge is 0.249 e. The van der Waals surface area contributed by atoms with Gasteiger partial charge in [-0.25, -0.2) is 0 Å². The molecular weight excluding hydrogens is 402 g/mol. The number of nitrogens with one attached hydrogen (secondary N) is 1. The molecule has 0 unspecified atom stereocenters. The topological polar surface area (TPSA) is 56.8 Å². The molecule has 1 amide bonds. The van der Waals surface area contributed by atoms with Crippen molar-refractivity contribution in [1.82, 2.24) is 5.32 Å². The Morgan fingerprint density at radius 2 is 1.77 bits per heavy atom. The molecule has 2 aromatic rings. The van der Waals surface area contributed by atoms with Crippen LogP contribution in [0.15, 0.2) is 42.5 Å². The largest absolute Gasteiger partial charge is 0.493 e. The first kappa shape index (κ1) is 23.2. The van der Waals surface area contributed by atoms with Crippen molar-refractivity contribution in [3.8, 4) is 36.2 Å². The highest BCUT2D eigenvalue weighted by Crippen LogP contribution is 2.28. The first-order valence-electron chi connectivity index (χ1n) is 9.37. The maximum absolute atomic E-state index is 12.6. The van der Waals surface area contributed by atoms with E-state index in [2.05, 4.69) is 17.2 Å². The van der Waals surface area contributed by atoms with Crippen molar-refractivity contribution >= 4 is 17.5 Å². The number of terminal acetylenes is 2. The summed E-state index contributed by atoms with van der Waals surface area (Å²) in [6, 6.07) is 12.8. The van der Waals surface area contributed by atoms with Crippen LogP contribution in [0.4, 0.5) is 0 Å². The Morgan fingerprint density at radius 1 is 1.07 bits per heavy atom. The fourth-order valence-electron chi connectivity index (χ4n) is 2.76. The number of methoxy groups -OCH3 is 1. The first-order valence-corrected chi connectivity index (χ1v) is 9.75. The number of carbonyl (C=O) groups is 1. The van der Waals surface area contributed by atoms with Gasteiger partial charge in [0.05, 0.1) is 7.11 Å². The molecule has 2 rings (SSSR count). The Kier molecular flexibility index (Phi) is 9.61. The average molecular weight is 426 g/mol. The molecule has 0 radical (unpaired) electrons. The molecule has 0 heterocycles. The highest BCUT2D eigenvalue weighted by Gasteiger charge is 2.19. The van der Waals surface area contributed by atoms with Crippen molar-refractivity contribution in [2.45, 2.75) is 18.9 Å². The molecule has 156 valence electrons. The number of carbonyl (C=O) groups excluding carboxylic acids is 1. The molecule has 0 spiro atoms. The van der Waals surface area contributed by atoms with Gasteiger partial charge < -0.3 is 19.5 Å². The highest BCUT2D eigenvalue weighted by molar-refractivity contribution is 6.30. The van der Waals surface area contributed by atoms with Gasteiger partial charge in [0.2, 0.25) is 5.91 Å². The first-order chi connectivity index (χ1) is 14.6. The van der Waals surface area contributed by atoms with Crippen LogP contribution in [-0.2, 0) is 22.4 Å². The second-order valence-electron chi connectivity index (χ2n) is 6.35. The van der Waals surface area contributed by atoms with Gasteiger partial charge in [0, 0.05) is 18.0 Å². The van der Waals surface area contributed by atoms with Crippen LogP contribution in [0.5, 0.6) is 11.5 Å². The number of hydrogen-bond donors (Lipinski definition) is 1. The summed E-state index contributed by atoms with van der Waals surface area (Å²) in [4.78, 5) is 12.6. The van der Waals surface area contributed by atoms with E-state index in [-0.39, 0.29) is 19.1 Å². The van der Waals surface area contributed by atoms with Gasteiger partial charge in [-0.3, -0.25) is 4.79 Å². The van der Waals surface area contributed by atoms with Crippen molar-refractivity contribution in [3.63, 3.8) is 0 Å². The molecule has 0 saturated heterocycles. The second-order valence-corrected chi connectivity index (χ2v) is 6.79. The fraction of sp³-hybridized carbons (Fsp3) is 0.292. The van der Waals surface area contributed by atoms with E-state index in [1.807, 2.05) is 24.3 Å². The summed E-state index contributed by atoms with van der Waals surface area (Å²) in [7, 11) is 1.56. The number of rotatable bonds is 11. The van der Waals surface area contributed by atoms with E-state index >= 15 is 0 Å². The Bertz CT molecular complexity index is 912. The third kappa shape index (κ3) is 7.37. The SMILES string of the molecule is C#CCOc1ccc(CCNC(=O)[C@H](Cc2ccc(Cl)cc2)OCC#C)cc1OC. The fourth-order valence-corrected chi connectivity index (χ4v) is 2.89. The number of benzene rings is 2. The van der Waals surface area contributed by atoms with Crippen LogP contribution in [0.1, 0.15) is 11.1 Å². The minimum absolute atomic E-state index is 0.0575. The van der Waals surface area contributed by atoms with E-state index in [9.17, 15) is 4.79 Å². The zero-order valence-electron chi connectivity index (χ0n) is 16.8. The molecule has 0 bridgehead atoms. The molecule has 0 aliphatic rings. The van der Waals surface area contributed by atoms with Gasteiger partial charge in [-0.15, -0.1) is 12.8 Å². The summed E-state index contributed by atoms with van der Waals surface area (Å²) in [5.41, 5.74) is 1.92.